The SMILES string of the molecule is C/C=C1\C[C@@H](C)[C@@](C)(O)C(=O)OC[C@H]2CCN3CC[C@@H](OC1=O)[C@@H]23.O=C(O)[C@H](O)[C@@H](O)C(=O)O. The Bertz CT molecular complexity index is 806. The first-order valence-corrected chi connectivity index (χ1v) is 11.1. The Balaban J connectivity index is 0.000000347. The number of allylic oxidation sites excluding steroid dienone is 1. The van der Waals surface area contributed by atoms with E-state index >= 15 is 0 Å². The van der Waals surface area contributed by atoms with Crippen molar-refractivity contribution in [2.24, 2.45) is 11.8 Å². The highest BCUT2D eigenvalue weighted by Crippen LogP contribution is 2.36. The van der Waals surface area contributed by atoms with E-state index in [1.54, 1.807) is 19.9 Å². The van der Waals surface area contributed by atoms with Gasteiger partial charge in [-0.25, -0.2) is 19.2 Å². The zero-order valence-electron chi connectivity index (χ0n) is 19.4. The molecule has 0 radical (unpaired) electrons. The van der Waals surface area contributed by atoms with Crippen LogP contribution >= 0.6 is 0 Å². The molecule has 0 aromatic rings. The van der Waals surface area contributed by atoms with E-state index in [1.807, 2.05) is 0 Å². The van der Waals surface area contributed by atoms with Crippen LogP contribution in [-0.4, -0.2) is 104 Å². The summed E-state index contributed by atoms with van der Waals surface area (Å²) in [6.45, 7) is 7.11. The molecule has 0 bridgehead atoms. The second-order valence-corrected chi connectivity index (χ2v) is 9.04. The minimum Gasteiger partial charge on any atom is -0.479 e. The van der Waals surface area contributed by atoms with Gasteiger partial charge in [-0.2, -0.15) is 0 Å². The lowest BCUT2D eigenvalue weighted by Gasteiger charge is -2.32. The number of nitrogens with zero attached hydrogens (tertiary/aromatic N) is 1. The summed E-state index contributed by atoms with van der Waals surface area (Å²) >= 11 is 0. The quantitative estimate of drug-likeness (QED) is 0.245. The summed E-state index contributed by atoms with van der Waals surface area (Å²) < 4.78 is 11.3. The molecule has 7 atom stereocenters. The number of rotatable bonds is 3. The minimum absolute atomic E-state index is 0.113. The summed E-state index contributed by atoms with van der Waals surface area (Å²) in [6, 6.07) is 0.113. The number of aliphatic hydroxyl groups is 3. The molecule has 3 heterocycles. The lowest BCUT2D eigenvalue weighted by atomic mass is 9.85. The summed E-state index contributed by atoms with van der Waals surface area (Å²) in [6.07, 6.45) is -0.943. The second-order valence-electron chi connectivity index (χ2n) is 9.04. The summed E-state index contributed by atoms with van der Waals surface area (Å²) in [5.41, 5.74) is -1.12. The van der Waals surface area contributed by atoms with Crippen molar-refractivity contribution in [2.45, 2.75) is 70.0 Å². The Morgan fingerprint density at radius 2 is 1.68 bits per heavy atom. The average Bonchev–Trinajstić information content (AvgIpc) is 3.36. The molecule has 0 spiro atoms. The summed E-state index contributed by atoms with van der Waals surface area (Å²) in [5, 5.41) is 43.1. The standard InChI is InChI=1S/C18H27NO5.C4H6O6/c1-4-12-9-11(2)18(3,22)17(21)23-10-13-5-7-19-8-6-14(15(13)19)24-16(12)20;5-1(3(7)8)2(6)4(9)10/h4,11,13-15,22H,5-10H2,1-3H3;1-2,5-6H,(H,7,8)(H,9,10)/b12-4+;/t11-,13-,14-,15-,18-;1-,2-/m11/s1. The molecule has 3 aliphatic heterocycles. The molecule has 3 aliphatic rings. The van der Waals surface area contributed by atoms with Gasteiger partial charge in [0.15, 0.2) is 17.8 Å². The molecule has 3 saturated heterocycles. The summed E-state index contributed by atoms with van der Waals surface area (Å²) in [5.74, 6) is -4.76. The summed E-state index contributed by atoms with van der Waals surface area (Å²) in [7, 11) is 0. The number of hydrogen-bond acceptors (Lipinski definition) is 10. The van der Waals surface area contributed by atoms with Crippen molar-refractivity contribution in [3.63, 3.8) is 0 Å². The van der Waals surface area contributed by atoms with Gasteiger partial charge in [0, 0.05) is 18.0 Å². The number of carboxylic acids is 2. The maximum absolute atomic E-state index is 12.6. The average molecular weight is 488 g/mol. The zero-order valence-corrected chi connectivity index (χ0v) is 19.4. The molecular weight excluding hydrogens is 454 g/mol. The van der Waals surface area contributed by atoms with Gasteiger partial charge in [-0.3, -0.25) is 4.90 Å². The Morgan fingerprint density at radius 3 is 2.21 bits per heavy atom. The lowest BCUT2D eigenvalue weighted by molar-refractivity contribution is -0.172. The van der Waals surface area contributed by atoms with E-state index in [0.29, 0.717) is 5.57 Å². The molecule has 3 rings (SSSR count). The van der Waals surface area contributed by atoms with E-state index in [-0.39, 0.29) is 37.1 Å². The van der Waals surface area contributed by atoms with Crippen LogP contribution in [0.25, 0.3) is 0 Å². The monoisotopic (exact) mass is 487 g/mol. The molecule has 0 amide bonds. The van der Waals surface area contributed by atoms with Crippen molar-refractivity contribution >= 4 is 23.9 Å². The van der Waals surface area contributed by atoms with E-state index in [0.717, 1.165) is 25.9 Å². The maximum Gasteiger partial charge on any atom is 0.338 e. The first-order valence-electron chi connectivity index (χ1n) is 11.1. The third kappa shape index (κ3) is 6.12. The zero-order chi connectivity index (χ0) is 25.8. The van der Waals surface area contributed by atoms with Gasteiger partial charge in [0.25, 0.3) is 0 Å². The Labute approximate surface area is 196 Å². The van der Waals surface area contributed by atoms with Crippen molar-refractivity contribution < 1.29 is 54.2 Å². The number of ether oxygens (including phenoxy) is 2. The van der Waals surface area contributed by atoms with Crippen LogP contribution in [0, 0.1) is 11.8 Å². The van der Waals surface area contributed by atoms with Crippen molar-refractivity contribution in [3.05, 3.63) is 11.6 Å². The van der Waals surface area contributed by atoms with Gasteiger partial charge in [0.2, 0.25) is 0 Å². The number of hydrogen-bond donors (Lipinski definition) is 5. The van der Waals surface area contributed by atoms with Crippen LogP contribution in [0.4, 0.5) is 0 Å². The number of esters is 2. The highest BCUT2D eigenvalue weighted by molar-refractivity contribution is 5.89. The van der Waals surface area contributed by atoms with Crippen LogP contribution < -0.4 is 0 Å². The van der Waals surface area contributed by atoms with Gasteiger partial charge in [0.05, 0.1) is 12.6 Å². The highest BCUT2D eigenvalue weighted by Gasteiger charge is 2.48. The van der Waals surface area contributed by atoms with Gasteiger partial charge < -0.3 is 35.0 Å². The highest BCUT2D eigenvalue weighted by atomic mass is 16.6. The molecule has 12 heteroatoms. The third-order valence-electron chi connectivity index (χ3n) is 6.78. The Kier molecular flexibility index (Phi) is 9.17. The number of carboxylic acid groups (broad SMARTS) is 2. The van der Waals surface area contributed by atoms with E-state index in [9.17, 15) is 24.3 Å². The summed E-state index contributed by atoms with van der Waals surface area (Å²) in [4.78, 5) is 46.8. The first kappa shape index (κ1) is 27.7. The van der Waals surface area contributed by atoms with E-state index < -0.39 is 41.6 Å². The fraction of sp³-hybridized carbons (Fsp3) is 0.727. The predicted octanol–water partition coefficient (Wildman–Crippen LogP) is -0.850. The molecule has 192 valence electrons. The van der Waals surface area contributed by atoms with Gasteiger partial charge >= 0.3 is 23.9 Å². The van der Waals surface area contributed by atoms with Crippen molar-refractivity contribution in [1.29, 1.82) is 0 Å². The van der Waals surface area contributed by atoms with E-state index in [1.165, 1.54) is 6.92 Å². The number of cyclic esters (lactones) is 1. The Hall–Kier alpha value is -2.54. The van der Waals surface area contributed by atoms with Crippen LogP contribution in [0.15, 0.2) is 11.6 Å². The van der Waals surface area contributed by atoms with Gasteiger partial charge in [-0.15, -0.1) is 0 Å². The maximum atomic E-state index is 12.6. The van der Waals surface area contributed by atoms with Crippen LogP contribution in [0.5, 0.6) is 0 Å². The first-order chi connectivity index (χ1) is 15.8. The molecule has 0 unspecified atom stereocenters. The van der Waals surface area contributed by atoms with Crippen molar-refractivity contribution in [3.8, 4) is 0 Å². The van der Waals surface area contributed by atoms with Gasteiger partial charge in [-0.1, -0.05) is 13.0 Å². The fourth-order valence-corrected chi connectivity index (χ4v) is 4.38. The number of carbonyl (C=O) groups is 4. The molecule has 12 nitrogen and oxygen atoms in total. The molecule has 0 aromatic heterocycles. The van der Waals surface area contributed by atoms with E-state index in [4.69, 9.17) is 29.9 Å². The topological polar surface area (TPSA) is 191 Å². The molecule has 0 saturated carbocycles. The van der Waals surface area contributed by atoms with Crippen LogP contribution in [0.2, 0.25) is 0 Å². The Morgan fingerprint density at radius 1 is 1.12 bits per heavy atom. The minimum atomic E-state index is -2.27. The molecular formula is C22H33NO11. The van der Waals surface area contributed by atoms with Crippen LogP contribution in [-0.2, 0) is 28.7 Å². The molecule has 3 fully saturated rings. The van der Waals surface area contributed by atoms with Crippen molar-refractivity contribution in [1.82, 2.24) is 4.90 Å². The van der Waals surface area contributed by atoms with Gasteiger partial charge in [-0.05, 0) is 45.6 Å². The molecule has 0 aromatic carbocycles. The number of aliphatic hydroxyl groups excluding tert-OH is 2. The molecule has 5 N–H and O–H groups in total. The van der Waals surface area contributed by atoms with E-state index in [2.05, 4.69) is 4.90 Å². The molecule has 0 aliphatic carbocycles. The van der Waals surface area contributed by atoms with Gasteiger partial charge in [0.1, 0.15) is 6.10 Å². The number of carbonyl (C=O) groups excluding carboxylic acids is 2. The lowest BCUT2D eigenvalue weighted by Crippen LogP contribution is -2.46. The second kappa shape index (κ2) is 11.3. The predicted molar refractivity (Wildman–Crippen MR) is 114 cm³/mol. The largest absolute Gasteiger partial charge is 0.479 e. The smallest absolute Gasteiger partial charge is 0.338 e. The number of aliphatic carboxylic acids is 2. The van der Waals surface area contributed by atoms with Crippen LogP contribution in [0.1, 0.15) is 40.0 Å². The fourth-order valence-electron chi connectivity index (χ4n) is 4.38. The van der Waals surface area contributed by atoms with Crippen molar-refractivity contribution in [2.75, 3.05) is 19.7 Å². The van der Waals surface area contributed by atoms with Crippen LogP contribution in [0.3, 0.4) is 0 Å². The molecule has 34 heavy (non-hydrogen) atoms. The third-order valence-corrected chi connectivity index (χ3v) is 6.78. The normalized spacial score (nSPS) is 34.9.